The standard InChI is InChI=1S/C26H33N3O2/c1-19(2)18-29(21-9-4-3-5-10-21)25-14-13-20(17-24(25)28-16-8-15-27)22-11-6-7-12-23(22)26(30)31/h6-7,11-14,17,19,21,28H,3-5,8-10,16,18H2,1-2H3,(H,30,31). The van der Waals surface area contributed by atoms with Gasteiger partial charge in [0, 0.05) is 19.1 Å². The molecule has 1 saturated carbocycles. The van der Waals surface area contributed by atoms with Crippen LogP contribution in [-0.4, -0.2) is 30.2 Å². The molecule has 0 spiro atoms. The van der Waals surface area contributed by atoms with Crippen LogP contribution in [0.1, 0.15) is 62.7 Å². The SMILES string of the molecule is CC(C)CN(c1ccc(-c2ccccc2C(=O)O)cc1NCCC#N)C1CCCCC1. The number of nitrogens with zero attached hydrogens (tertiary/aromatic N) is 2. The van der Waals surface area contributed by atoms with Crippen LogP contribution < -0.4 is 10.2 Å². The molecule has 1 aliphatic rings. The van der Waals surface area contributed by atoms with Crippen molar-refractivity contribution < 1.29 is 9.90 Å². The normalized spacial score (nSPS) is 14.3. The van der Waals surface area contributed by atoms with E-state index in [0.717, 1.165) is 23.5 Å². The van der Waals surface area contributed by atoms with Gasteiger partial charge in [-0.15, -0.1) is 0 Å². The molecular formula is C26H33N3O2. The second-order valence-electron chi connectivity index (χ2n) is 8.76. The molecule has 0 saturated heterocycles. The third kappa shape index (κ3) is 5.79. The number of hydrogen-bond acceptors (Lipinski definition) is 4. The van der Waals surface area contributed by atoms with Crippen LogP contribution in [0.15, 0.2) is 42.5 Å². The highest BCUT2D eigenvalue weighted by atomic mass is 16.4. The van der Waals surface area contributed by atoms with Crippen molar-refractivity contribution >= 4 is 17.3 Å². The van der Waals surface area contributed by atoms with Gasteiger partial charge >= 0.3 is 5.97 Å². The number of aromatic carboxylic acids is 1. The molecule has 164 valence electrons. The van der Waals surface area contributed by atoms with Crippen LogP contribution >= 0.6 is 0 Å². The molecule has 2 aromatic carbocycles. The Morgan fingerprint density at radius 2 is 1.94 bits per heavy atom. The molecular weight excluding hydrogens is 386 g/mol. The van der Waals surface area contributed by atoms with Gasteiger partial charge in [0.25, 0.3) is 0 Å². The molecule has 0 atom stereocenters. The molecule has 0 bridgehead atoms. The lowest BCUT2D eigenvalue weighted by atomic mass is 9.92. The average molecular weight is 420 g/mol. The van der Waals surface area contributed by atoms with Crippen molar-refractivity contribution in [2.45, 2.75) is 58.4 Å². The smallest absolute Gasteiger partial charge is 0.336 e. The fraction of sp³-hybridized carbons (Fsp3) is 0.462. The zero-order valence-corrected chi connectivity index (χ0v) is 18.6. The molecule has 0 heterocycles. The van der Waals surface area contributed by atoms with Gasteiger partial charge in [-0.05, 0) is 48.1 Å². The Labute approximate surface area is 185 Å². The number of benzene rings is 2. The lowest BCUT2D eigenvalue weighted by molar-refractivity contribution is 0.0697. The zero-order valence-electron chi connectivity index (χ0n) is 18.6. The Morgan fingerprint density at radius 3 is 2.61 bits per heavy atom. The van der Waals surface area contributed by atoms with E-state index < -0.39 is 5.97 Å². The molecule has 2 N–H and O–H groups in total. The number of carboxylic acids is 1. The van der Waals surface area contributed by atoms with E-state index in [9.17, 15) is 9.90 Å². The monoisotopic (exact) mass is 419 g/mol. The maximum absolute atomic E-state index is 11.7. The van der Waals surface area contributed by atoms with E-state index in [1.54, 1.807) is 12.1 Å². The molecule has 5 heteroatoms. The zero-order chi connectivity index (χ0) is 22.2. The summed E-state index contributed by atoms with van der Waals surface area (Å²) in [7, 11) is 0. The Balaban J connectivity index is 2.04. The van der Waals surface area contributed by atoms with E-state index in [2.05, 4.69) is 36.2 Å². The summed E-state index contributed by atoms with van der Waals surface area (Å²) in [6.45, 7) is 6.03. The first kappa shape index (κ1) is 22.7. The minimum absolute atomic E-state index is 0.296. The van der Waals surface area contributed by atoms with Crippen LogP contribution in [0.25, 0.3) is 11.1 Å². The van der Waals surface area contributed by atoms with E-state index in [1.807, 2.05) is 24.3 Å². The van der Waals surface area contributed by atoms with Gasteiger partial charge in [-0.2, -0.15) is 5.26 Å². The van der Waals surface area contributed by atoms with Gasteiger partial charge in [-0.25, -0.2) is 4.79 Å². The molecule has 0 amide bonds. The van der Waals surface area contributed by atoms with Crippen LogP contribution in [0.2, 0.25) is 0 Å². The molecule has 5 nitrogen and oxygen atoms in total. The Kier molecular flexibility index (Phi) is 7.94. The van der Waals surface area contributed by atoms with E-state index in [1.165, 1.54) is 32.1 Å². The number of nitriles is 1. The lowest BCUT2D eigenvalue weighted by Gasteiger charge is -2.38. The molecule has 2 aromatic rings. The van der Waals surface area contributed by atoms with Crippen molar-refractivity contribution in [1.29, 1.82) is 5.26 Å². The number of carbonyl (C=O) groups is 1. The summed E-state index contributed by atoms with van der Waals surface area (Å²) >= 11 is 0. The van der Waals surface area contributed by atoms with Gasteiger partial charge in [0.05, 0.1) is 29.4 Å². The van der Waals surface area contributed by atoms with Gasteiger partial charge in [-0.1, -0.05) is 57.4 Å². The van der Waals surface area contributed by atoms with Crippen LogP contribution in [0, 0.1) is 17.2 Å². The third-order valence-corrected chi connectivity index (χ3v) is 5.90. The highest BCUT2D eigenvalue weighted by Crippen LogP contribution is 2.37. The van der Waals surface area contributed by atoms with Crippen LogP contribution in [-0.2, 0) is 0 Å². The molecule has 0 aliphatic heterocycles. The van der Waals surface area contributed by atoms with Crippen molar-refractivity contribution in [2.24, 2.45) is 5.92 Å². The number of nitrogens with one attached hydrogen (secondary N) is 1. The third-order valence-electron chi connectivity index (χ3n) is 5.90. The first-order valence-electron chi connectivity index (χ1n) is 11.4. The Bertz CT molecular complexity index is 926. The van der Waals surface area contributed by atoms with Crippen LogP contribution in [0.3, 0.4) is 0 Å². The minimum atomic E-state index is -0.928. The summed E-state index contributed by atoms with van der Waals surface area (Å²) in [6.07, 6.45) is 6.66. The van der Waals surface area contributed by atoms with Gasteiger partial charge in [-0.3, -0.25) is 0 Å². The molecule has 1 fully saturated rings. The van der Waals surface area contributed by atoms with Gasteiger partial charge < -0.3 is 15.3 Å². The summed E-state index contributed by atoms with van der Waals surface area (Å²) in [5, 5.41) is 22.1. The second-order valence-corrected chi connectivity index (χ2v) is 8.76. The predicted molar refractivity (Wildman–Crippen MR) is 127 cm³/mol. The van der Waals surface area contributed by atoms with E-state index in [4.69, 9.17) is 5.26 Å². The number of hydrogen-bond donors (Lipinski definition) is 2. The topological polar surface area (TPSA) is 76.4 Å². The maximum Gasteiger partial charge on any atom is 0.336 e. The van der Waals surface area contributed by atoms with Crippen molar-refractivity contribution in [3.05, 3.63) is 48.0 Å². The first-order chi connectivity index (χ1) is 15.0. The van der Waals surface area contributed by atoms with Gasteiger partial charge in [0.2, 0.25) is 0 Å². The fourth-order valence-electron chi connectivity index (χ4n) is 4.50. The highest BCUT2D eigenvalue weighted by Gasteiger charge is 2.24. The molecule has 3 rings (SSSR count). The fourth-order valence-corrected chi connectivity index (χ4v) is 4.50. The summed E-state index contributed by atoms with van der Waals surface area (Å²) in [4.78, 5) is 14.3. The quantitative estimate of drug-likeness (QED) is 0.475. The molecule has 0 unspecified atom stereocenters. The maximum atomic E-state index is 11.7. The highest BCUT2D eigenvalue weighted by molar-refractivity contribution is 5.96. The minimum Gasteiger partial charge on any atom is -0.478 e. The van der Waals surface area contributed by atoms with Crippen molar-refractivity contribution in [3.8, 4) is 17.2 Å². The van der Waals surface area contributed by atoms with E-state index >= 15 is 0 Å². The van der Waals surface area contributed by atoms with Crippen molar-refractivity contribution in [3.63, 3.8) is 0 Å². The number of anilines is 2. The Hall–Kier alpha value is -3.00. The molecule has 31 heavy (non-hydrogen) atoms. The predicted octanol–water partition coefficient (Wildman–Crippen LogP) is 6.17. The largest absolute Gasteiger partial charge is 0.478 e. The molecule has 0 aromatic heterocycles. The lowest BCUT2D eigenvalue weighted by Crippen LogP contribution is -2.39. The summed E-state index contributed by atoms with van der Waals surface area (Å²) in [5.41, 5.74) is 3.99. The van der Waals surface area contributed by atoms with Gasteiger partial charge in [0.15, 0.2) is 0 Å². The molecule has 0 radical (unpaired) electrons. The van der Waals surface area contributed by atoms with Crippen molar-refractivity contribution in [2.75, 3.05) is 23.3 Å². The summed E-state index contributed by atoms with van der Waals surface area (Å²) in [5.74, 6) is -0.399. The first-order valence-corrected chi connectivity index (χ1v) is 11.4. The summed E-state index contributed by atoms with van der Waals surface area (Å²) in [6, 6.07) is 16.0. The second kappa shape index (κ2) is 10.9. The molecule has 1 aliphatic carbocycles. The summed E-state index contributed by atoms with van der Waals surface area (Å²) < 4.78 is 0. The Morgan fingerprint density at radius 1 is 1.19 bits per heavy atom. The van der Waals surface area contributed by atoms with E-state index in [0.29, 0.717) is 36.1 Å². The van der Waals surface area contributed by atoms with Crippen LogP contribution in [0.5, 0.6) is 0 Å². The van der Waals surface area contributed by atoms with Crippen LogP contribution in [0.4, 0.5) is 11.4 Å². The number of carboxylic acid groups (broad SMARTS) is 1. The number of rotatable bonds is 9. The van der Waals surface area contributed by atoms with Gasteiger partial charge in [0.1, 0.15) is 0 Å². The van der Waals surface area contributed by atoms with Crippen molar-refractivity contribution in [1.82, 2.24) is 0 Å². The van der Waals surface area contributed by atoms with E-state index in [-0.39, 0.29) is 0 Å². The average Bonchev–Trinajstić information content (AvgIpc) is 2.78.